The van der Waals surface area contributed by atoms with Gasteiger partial charge in [-0.3, -0.25) is 9.69 Å². The Morgan fingerprint density at radius 2 is 2.26 bits per heavy atom. The zero-order chi connectivity index (χ0) is 13.7. The first kappa shape index (κ1) is 15.1. The third-order valence-corrected chi connectivity index (χ3v) is 5.08. The Balaban J connectivity index is 1.67. The minimum atomic E-state index is 0.182. The van der Waals surface area contributed by atoms with Gasteiger partial charge in [0.15, 0.2) is 0 Å². The summed E-state index contributed by atoms with van der Waals surface area (Å²) in [5.41, 5.74) is 0. The molecule has 2 saturated heterocycles. The number of rotatable bonds is 4. The Hall–Kier alpha value is -0.300. The Labute approximate surface area is 120 Å². The average molecular weight is 286 g/mol. The number of hydrogen-bond donors (Lipinski definition) is 2. The molecule has 0 saturated carbocycles. The predicted octanol–water partition coefficient (Wildman–Crippen LogP) is -0.556. The van der Waals surface area contributed by atoms with Crippen LogP contribution in [-0.2, 0) is 4.79 Å². The lowest BCUT2D eigenvalue weighted by molar-refractivity contribution is -0.121. The second-order valence-corrected chi connectivity index (χ2v) is 6.78. The number of amides is 1. The van der Waals surface area contributed by atoms with E-state index < -0.39 is 0 Å². The maximum absolute atomic E-state index is 11.9. The van der Waals surface area contributed by atoms with Crippen molar-refractivity contribution in [1.82, 2.24) is 20.4 Å². The zero-order valence-corrected chi connectivity index (χ0v) is 12.8. The number of carbonyl (C=O) groups is 1. The fourth-order valence-corrected chi connectivity index (χ4v) is 3.55. The molecule has 2 heterocycles. The SMILES string of the molecule is CN1CCN(C)C(CNC(=O)CC2CSCCN2)C1. The summed E-state index contributed by atoms with van der Waals surface area (Å²) in [6, 6.07) is 0.793. The minimum absolute atomic E-state index is 0.182. The van der Waals surface area contributed by atoms with E-state index in [4.69, 9.17) is 0 Å². The average Bonchev–Trinajstić information content (AvgIpc) is 2.41. The largest absolute Gasteiger partial charge is 0.354 e. The monoisotopic (exact) mass is 286 g/mol. The van der Waals surface area contributed by atoms with Crippen LogP contribution in [0.3, 0.4) is 0 Å². The van der Waals surface area contributed by atoms with E-state index in [9.17, 15) is 4.79 Å². The van der Waals surface area contributed by atoms with Crippen LogP contribution in [0.1, 0.15) is 6.42 Å². The van der Waals surface area contributed by atoms with E-state index in [1.165, 1.54) is 0 Å². The van der Waals surface area contributed by atoms with Crippen molar-refractivity contribution in [3.05, 3.63) is 0 Å². The molecule has 5 nitrogen and oxygen atoms in total. The molecule has 0 aromatic rings. The van der Waals surface area contributed by atoms with Crippen LogP contribution in [0.4, 0.5) is 0 Å². The predicted molar refractivity (Wildman–Crippen MR) is 80.7 cm³/mol. The number of hydrogen-bond acceptors (Lipinski definition) is 5. The second kappa shape index (κ2) is 7.47. The summed E-state index contributed by atoms with van der Waals surface area (Å²) < 4.78 is 0. The quantitative estimate of drug-likeness (QED) is 0.726. The lowest BCUT2D eigenvalue weighted by Gasteiger charge is -2.37. The summed E-state index contributed by atoms with van der Waals surface area (Å²) in [6.07, 6.45) is 0.610. The molecule has 2 rings (SSSR count). The van der Waals surface area contributed by atoms with Crippen molar-refractivity contribution >= 4 is 17.7 Å². The van der Waals surface area contributed by atoms with Gasteiger partial charge >= 0.3 is 0 Å². The molecule has 0 bridgehead atoms. The molecule has 1 amide bonds. The van der Waals surface area contributed by atoms with Crippen molar-refractivity contribution in [2.24, 2.45) is 0 Å². The van der Waals surface area contributed by atoms with Crippen molar-refractivity contribution in [1.29, 1.82) is 0 Å². The molecule has 0 aliphatic carbocycles. The van der Waals surface area contributed by atoms with Gasteiger partial charge in [-0.1, -0.05) is 0 Å². The molecular formula is C13H26N4OS. The molecule has 110 valence electrons. The van der Waals surface area contributed by atoms with E-state index in [1.807, 2.05) is 11.8 Å². The third kappa shape index (κ3) is 4.95. The van der Waals surface area contributed by atoms with Crippen LogP contribution in [-0.4, -0.2) is 86.1 Å². The van der Waals surface area contributed by atoms with E-state index in [2.05, 4.69) is 34.5 Å². The highest BCUT2D eigenvalue weighted by Crippen LogP contribution is 2.10. The van der Waals surface area contributed by atoms with Gasteiger partial charge < -0.3 is 15.5 Å². The smallest absolute Gasteiger partial charge is 0.221 e. The molecule has 0 radical (unpaired) electrons. The number of likely N-dealkylation sites (N-methyl/N-ethyl adjacent to an activating group) is 2. The van der Waals surface area contributed by atoms with Crippen molar-refractivity contribution in [3.63, 3.8) is 0 Å². The van der Waals surface area contributed by atoms with Crippen LogP contribution >= 0.6 is 11.8 Å². The maximum atomic E-state index is 11.9. The van der Waals surface area contributed by atoms with E-state index in [0.29, 0.717) is 18.5 Å². The normalized spacial score (nSPS) is 30.2. The van der Waals surface area contributed by atoms with Crippen molar-refractivity contribution in [2.45, 2.75) is 18.5 Å². The summed E-state index contributed by atoms with van der Waals surface area (Å²) >= 11 is 1.93. The summed E-state index contributed by atoms with van der Waals surface area (Å²) in [4.78, 5) is 16.6. The van der Waals surface area contributed by atoms with E-state index in [0.717, 1.165) is 44.2 Å². The highest BCUT2D eigenvalue weighted by atomic mass is 32.2. The molecule has 2 atom stereocenters. The van der Waals surface area contributed by atoms with Crippen LogP contribution in [0.5, 0.6) is 0 Å². The summed E-state index contributed by atoms with van der Waals surface area (Å²) in [7, 11) is 4.29. The number of nitrogens with one attached hydrogen (secondary N) is 2. The van der Waals surface area contributed by atoms with E-state index >= 15 is 0 Å². The lowest BCUT2D eigenvalue weighted by Crippen LogP contribution is -2.54. The van der Waals surface area contributed by atoms with Gasteiger partial charge in [0.2, 0.25) is 5.91 Å². The van der Waals surface area contributed by atoms with Crippen LogP contribution in [0.25, 0.3) is 0 Å². The molecule has 0 spiro atoms. The standard InChI is InChI=1S/C13H26N4OS/c1-16-4-5-17(2)12(9-16)8-15-13(18)7-11-10-19-6-3-14-11/h11-12,14H,3-10H2,1-2H3,(H,15,18). The molecule has 19 heavy (non-hydrogen) atoms. The highest BCUT2D eigenvalue weighted by Gasteiger charge is 2.23. The molecule has 6 heteroatoms. The molecule has 2 aliphatic heterocycles. The number of piperazine rings is 1. The Bertz CT molecular complexity index is 296. The number of nitrogens with zero attached hydrogens (tertiary/aromatic N) is 2. The first-order valence-corrected chi connectivity index (χ1v) is 8.27. The maximum Gasteiger partial charge on any atom is 0.221 e. The molecule has 2 unspecified atom stereocenters. The van der Waals surface area contributed by atoms with Crippen molar-refractivity contribution in [3.8, 4) is 0 Å². The first-order chi connectivity index (χ1) is 9.15. The van der Waals surface area contributed by atoms with Crippen LogP contribution < -0.4 is 10.6 Å². The molecule has 2 fully saturated rings. The first-order valence-electron chi connectivity index (χ1n) is 7.12. The Kier molecular flexibility index (Phi) is 5.94. The van der Waals surface area contributed by atoms with Crippen LogP contribution in [0.15, 0.2) is 0 Å². The van der Waals surface area contributed by atoms with Gasteiger partial charge in [-0.05, 0) is 14.1 Å². The van der Waals surface area contributed by atoms with E-state index in [1.54, 1.807) is 0 Å². The molecule has 0 aromatic heterocycles. The number of thioether (sulfide) groups is 1. The van der Waals surface area contributed by atoms with Gasteiger partial charge in [-0.15, -0.1) is 0 Å². The molecule has 2 N–H and O–H groups in total. The van der Waals surface area contributed by atoms with Gasteiger partial charge in [0.05, 0.1) is 0 Å². The molecule has 2 aliphatic rings. The third-order valence-electron chi connectivity index (χ3n) is 3.95. The van der Waals surface area contributed by atoms with Crippen LogP contribution in [0.2, 0.25) is 0 Å². The Morgan fingerprint density at radius 1 is 1.42 bits per heavy atom. The molecular weight excluding hydrogens is 260 g/mol. The van der Waals surface area contributed by atoms with Gasteiger partial charge in [-0.2, -0.15) is 11.8 Å². The van der Waals surface area contributed by atoms with Gasteiger partial charge in [0.25, 0.3) is 0 Å². The summed E-state index contributed by atoms with van der Waals surface area (Å²) in [5, 5.41) is 6.50. The molecule has 0 aromatic carbocycles. The van der Waals surface area contributed by atoms with Gasteiger partial charge in [-0.25, -0.2) is 0 Å². The second-order valence-electron chi connectivity index (χ2n) is 5.63. The van der Waals surface area contributed by atoms with Gasteiger partial charge in [0.1, 0.15) is 0 Å². The van der Waals surface area contributed by atoms with Gasteiger partial charge in [0, 0.05) is 62.7 Å². The van der Waals surface area contributed by atoms with E-state index in [-0.39, 0.29) is 5.91 Å². The lowest BCUT2D eigenvalue weighted by atomic mass is 10.1. The van der Waals surface area contributed by atoms with Crippen molar-refractivity contribution < 1.29 is 4.79 Å². The highest BCUT2D eigenvalue weighted by molar-refractivity contribution is 7.99. The Morgan fingerprint density at radius 3 is 3.00 bits per heavy atom. The van der Waals surface area contributed by atoms with Crippen LogP contribution in [0, 0.1) is 0 Å². The number of carbonyl (C=O) groups excluding carboxylic acids is 1. The topological polar surface area (TPSA) is 47.6 Å². The zero-order valence-electron chi connectivity index (χ0n) is 12.0. The summed E-state index contributed by atoms with van der Waals surface area (Å²) in [6.45, 7) is 5.02. The minimum Gasteiger partial charge on any atom is -0.354 e. The van der Waals surface area contributed by atoms with Crippen molar-refractivity contribution in [2.75, 3.05) is 58.3 Å². The summed E-state index contributed by atoms with van der Waals surface area (Å²) in [5.74, 6) is 2.40. The fourth-order valence-electron chi connectivity index (χ4n) is 2.60. The fraction of sp³-hybridized carbons (Fsp3) is 0.923.